The maximum absolute atomic E-state index is 14.1. The fraction of sp³-hybridized carbons (Fsp3) is 0.613. The standard InChI is InChI=1S/C31H43F3N6O3/c1-19(2)40(20(3)41)27-9-7-6-8-21(27)16-26-24(31(32,33)34)18-35-30(38-26)37-25-11-10-22(17-28(25)43-5)29(42)36-23-12-14-39(4)15-13-23/h10-11,17-19,21,23,27H,6-9,12-16H2,1-5H3,(H,36,42)(H,35,37,38)/t21-,27+/m0/s1. The van der Waals surface area contributed by atoms with Crippen molar-refractivity contribution in [3.05, 3.63) is 41.2 Å². The molecule has 2 fully saturated rings. The Bertz CT molecular complexity index is 1280. The van der Waals surface area contributed by atoms with Crippen LogP contribution in [0.1, 0.15) is 80.9 Å². The minimum atomic E-state index is -4.63. The lowest BCUT2D eigenvalue weighted by Crippen LogP contribution is -2.49. The van der Waals surface area contributed by atoms with Gasteiger partial charge in [-0.15, -0.1) is 0 Å². The molecule has 0 radical (unpaired) electrons. The van der Waals surface area contributed by atoms with Gasteiger partial charge in [-0.1, -0.05) is 12.8 Å². The summed E-state index contributed by atoms with van der Waals surface area (Å²) >= 11 is 0. The molecule has 4 rings (SSSR count). The Morgan fingerprint density at radius 3 is 2.47 bits per heavy atom. The summed E-state index contributed by atoms with van der Waals surface area (Å²) in [6.07, 6.45) is 1.26. The molecule has 12 heteroatoms. The summed E-state index contributed by atoms with van der Waals surface area (Å²) in [5, 5.41) is 6.06. The molecule has 2 atom stereocenters. The van der Waals surface area contributed by atoms with E-state index in [1.165, 1.54) is 14.0 Å². The van der Waals surface area contributed by atoms with Crippen molar-refractivity contribution in [3.8, 4) is 5.75 Å². The van der Waals surface area contributed by atoms with Crippen LogP contribution in [-0.4, -0.2) is 77.0 Å². The SMILES string of the molecule is COc1cc(C(=O)NC2CCN(C)CC2)ccc1Nc1ncc(C(F)(F)F)c(C[C@@H]2CCCC[C@H]2N(C(C)=O)C(C)C)n1. The quantitative estimate of drug-likeness (QED) is 0.394. The van der Waals surface area contributed by atoms with Gasteiger partial charge in [0.15, 0.2) is 0 Å². The average Bonchev–Trinajstić information content (AvgIpc) is 2.94. The molecule has 1 saturated carbocycles. The fourth-order valence-corrected chi connectivity index (χ4v) is 6.37. The first-order valence-corrected chi connectivity index (χ1v) is 15.0. The molecule has 2 aromatic rings. The molecule has 2 aliphatic rings. The van der Waals surface area contributed by atoms with Crippen molar-refractivity contribution in [1.82, 2.24) is 25.1 Å². The number of piperidine rings is 1. The van der Waals surface area contributed by atoms with Crippen molar-refractivity contribution in [2.45, 2.75) is 90.0 Å². The van der Waals surface area contributed by atoms with Crippen LogP contribution in [0.5, 0.6) is 5.75 Å². The number of halogens is 3. The minimum absolute atomic E-state index is 0.00975. The third-order valence-electron chi connectivity index (χ3n) is 8.54. The number of hydrogen-bond acceptors (Lipinski definition) is 7. The third kappa shape index (κ3) is 8.16. The smallest absolute Gasteiger partial charge is 0.419 e. The van der Waals surface area contributed by atoms with Crippen molar-refractivity contribution in [1.29, 1.82) is 0 Å². The molecule has 43 heavy (non-hydrogen) atoms. The second-order valence-corrected chi connectivity index (χ2v) is 12.0. The molecule has 9 nitrogen and oxygen atoms in total. The van der Waals surface area contributed by atoms with E-state index in [0.717, 1.165) is 51.4 Å². The minimum Gasteiger partial charge on any atom is -0.495 e. The Balaban J connectivity index is 1.56. The van der Waals surface area contributed by atoms with Crippen LogP contribution < -0.4 is 15.4 Å². The van der Waals surface area contributed by atoms with E-state index in [1.807, 2.05) is 13.8 Å². The molecule has 1 aromatic heterocycles. The Hall–Kier alpha value is -3.41. The molecule has 2 N–H and O–H groups in total. The summed E-state index contributed by atoms with van der Waals surface area (Å²) in [7, 11) is 3.51. The molecule has 1 aliphatic carbocycles. The Labute approximate surface area is 251 Å². The number of ether oxygens (including phenoxy) is 1. The van der Waals surface area contributed by atoms with E-state index in [-0.39, 0.29) is 53.9 Å². The number of methoxy groups -OCH3 is 1. The van der Waals surface area contributed by atoms with Gasteiger partial charge in [0.25, 0.3) is 5.91 Å². The van der Waals surface area contributed by atoms with E-state index >= 15 is 0 Å². The maximum Gasteiger partial charge on any atom is 0.419 e. The summed E-state index contributed by atoms with van der Waals surface area (Å²) in [4.78, 5) is 37.7. The van der Waals surface area contributed by atoms with Gasteiger partial charge in [0.05, 0.1) is 24.1 Å². The monoisotopic (exact) mass is 604 g/mol. The van der Waals surface area contributed by atoms with Gasteiger partial charge in [-0.2, -0.15) is 13.2 Å². The van der Waals surface area contributed by atoms with E-state index in [0.29, 0.717) is 23.4 Å². The van der Waals surface area contributed by atoms with Gasteiger partial charge in [-0.05, 0) is 90.2 Å². The number of alkyl halides is 3. The van der Waals surface area contributed by atoms with Gasteiger partial charge in [0, 0.05) is 36.8 Å². The molecule has 236 valence electrons. The van der Waals surface area contributed by atoms with Crippen LogP contribution in [-0.2, 0) is 17.4 Å². The largest absolute Gasteiger partial charge is 0.495 e. The van der Waals surface area contributed by atoms with Gasteiger partial charge in [-0.3, -0.25) is 9.59 Å². The Kier molecular flexibility index (Phi) is 10.5. The van der Waals surface area contributed by atoms with E-state index in [9.17, 15) is 22.8 Å². The summed E-state index contributed by atoms with van der Waals surface area (Å²) in [5.74, 6) is -0.133. The average molecular weight is 605 g/mol. The summed E-state index contributed by atoms with van der Waals surface area (Å²) in [5.41, 5.74) is -0.155. The van der Waals surface area contributed by atoms with Crippen LogP contribution in [0.3, 0.4) is 0 Å². The number of aromatic nitrogens is 2. The third-order valence-corrected chi connectivity index (χ3v) is 8.54. The molecule has 2 heterocycles. The van der Waals surface area contributed by atoms with E-state index in [4.69, 9.17) is 4.74 Å². The van der Waals surface area contributed by atoms with Gasteiger partial charge < -0.3 is 25.2 Å². The van der Waals surface area contributed by atoms with E-state index in [2.05, 4.69) is 32.5 Å². The number of carbonyl (C=O) groups excluding carboxylic acids is 2. The van der Waals surface area contributed by atoms with Crippen LogP contribution in [0.15, 0.2) is 24.4 Å². The van der Waals surface area contributed by atoms with Gasteiger partial charge in [0.1, 0.15) is 5.75 Å². The first-order valence-electron chi connectivity index (χ1n) is 15.0. The maximum atomic E-state index is 14.1. The van der Waals surface area contributed by atoms with Crippen molar-refractivity contribution in [3.63, 3.8) is 0 Å². The lowest BCUT2D eigenvalue weighted by Gasteiger charge is -2.42. The molecular weight excluding hydrogens is 561 g/mol. The Morgan fingerprint density at radius 1 is 1.14 bits per heavy atom. The summed E-state index contributed by atoms with van der Waals surface area (Å²) < 4.78 is 47.7. The highest BCUT2D eigenvalue weighted by Crippen LogP contribution is 2.37. The van der Waals surface area contributed by atoms with Crippen molar-refractivity contribution in [2.75, 3.05) is 32.6 Å². The predicted octanol–water partition coefficient (Wildman–Crippen LogP) is 5.43. The predicted molar refractivity (Wildman–Crippen MR) is 158 cm³/mol. The van der Waals surface area contributed by atoms with Crippen molar-refractivity contribution >= 4 is 23.5 Å². The number of benzene rings is 1. The number of rotatable bonds is 9. The molecular formula is C31H43F3N6O3. The molecule has 0 spiro atoms. The molecule has 0 bridgehead atoms. The first-order chi connectivity index (χ1) is 20.4. The molecule has 1 saturated heterocycles. The van der Waals surface area contributed by atoms with Crippen molar-refractivity contribution in [2.24, 2.45) is 5.92 Å². The second kappa shape index (κ2) is 13.9. The number of amides is 2. The fourth-order valence-electron chi connectivity index (χ4n) is 6.37. The number of anilines is 2. The van der Waals surface area contributed by atoms with Crippen LogP contribution in [0.4, 0.5) is 24.8 Å². The summed E-state index contributed by atoms with van der Waals surface area (Å²) in [6.45, 7) is 7.20. The number of hydrogen-bond donors (Lipinski definition) is 2. The Morgan fingerprint density at radius 2 is 1.84 bits per heavy atom. The highest BCUT2D eigenvalue weighted by Gasteiger charge is 2.38. The zero-order valence-corrected chi connectivity index (χ0v) is 25.6. The van der Waals surface area contributed by atoms with Gasteiger partial charge in [-0.25, -0.2) is 9.97 Å². The van der Waals surface area contributed by atoms with Crippen LogP contribution in [0.2, 0.25) is 0 Å². The van der Waals surface area contributed by atoms with E-state index < -0.39 is 11.7 Å². The van der Waals surface area contributed by atoms with Gasteiger partial charge in [0.2, 0.25) is 11.9 Å². The number of carbonyl (C=O) groups is 2. The first kappa shape index (κ1) is 32.5. The zero-order chi connectivity index (χ0) is 31.3. The van der Waals surface area contributed by atoms with E-state index in [1.54, 1.807) is 23.1 Å². The van der Waals surface area contributed by atoms with Gasteiger partial charge >= 0.3 is 6.18 Å². The molecule has 1 aromatic carbocycles. The van der Waals surface area contributed by atoms with Crippen LogP contribution >= 0.6 is 0 Å². The second-order valence-electron chi connectivity index (χ2n) is 12.0. The van der Waals surface area contributed by atoms with Crippen molar-refractivity contribution < 1.29 is 27.5 Å². The highest BCUT2D eigenvalue weighted by atomic mass is 19.4. The van der Waals surface area contributed by atoms with Crippen LogP contribution in [0.25, 0.3) is 0 Å². The molecule has 1 aliphatic heterocycles. The summed E-state index contributed by atoms with van der Waals surface area (Å²) in [6, 6.07) is 4.73. The lowest BCUT2D eigenvalue weighted by molar-refractivity contribution is -0.139. The molecule has 2 amide bonds. The lowest BCUT2D eigenvalue weighted by atomic mass is 9.79. The normalized spacial score (nSPS) is 20.1. The topological polar surface area (TPSA) is 99.7 Å². The number of nitrogens with one attached hydrogen (secondary N) is 2. The number of nitrogens with zero attached hydrogens (tertiary/aromatic N) is 4. The zero-order valence-electron chi connectivity index (χ0n) is 25.6. The molecule has 0 unspecified atom stereocenters. The number of likely N-dealkylation sites (tertiary alicyclic amines) is 1. The highest BCUT2D eigenvalue weighted by molar-refractivity contribution is 5.95. The van der Waals surface area contributed by atoms with Crippen LogP contribution in [0, 0.1) is 5.92 Å².